The van der Waals surface area contributed by atoms with E-state index in [9.17, 15) is 10.1 Å². The molecule has 0 atom stereocenters. The molecule has 138 valence electrons. The van der Waals surface area contributed by atoms with Gasteiger partial charge < -0.3 is 10.6 Å². The number of nitrogens with one attached hydrogen (secondary N) is 3. The predicted octanol–water partition coefficient (Wildman–Crippen LogP) is 1.88. The van der Waals surface area contributed by atoms with E-state index in [1.54, 1.807) is 34.8 Å². The molecular formula is C17H18N8OS. The fourth-order valence-corrected chi connectivity index (χ4v) is 3.89. The highest BCUT2D eigenvalue weighted by Gasteiger charge is 2.32. The number of aromatic nitrogens is 5. The molecule has 3 aromatic heterocycles. The van der Waals surface area contributed by atoms with E-state index in [2.05, 4.69) is 37.0 Å². The SMILES string of the molecule is N#CC1(Cn2cc(NC(=O)c3csc(-c4cn[nH]c4)n3)cn2)CCNCC1. The number of anilines is 1. The van der Waals surface area contributed by atoms with E-state index in [4.69, 9.17) is 0 Å². The summed E-state index contributed by atoms with van der Waals surface area (Å²) in [7, 11) is 0. The number of aromatic amines is 1. The van der Waals surface area contributed by atoms with Crippen molar-refractivity contribution in [3.63, 3.8) is 0 Å². The summed E-state index contributed by atoms with van der Waals surface area (Å²) in [5.74, 6) is -0.294. The molecule has 1 saturated heterocycles. The first-order valence-electron chi connectivity index (χ1n) is 8.58. The number of hydrogen-bond donors (Lipinski definition) is 3. The maximum atomic E-state index is 12.4. The second-order valence-corrected chi connectivity index (χ2v) is 7.41. The van der Waals surface area contributed by atoms with Crippen molar-refractivity contribution >= 4 is 22.9 Å². The molecule has 9 nitrogen and oxygen atoms in total. The van der Waals surface area contributed by atoms with Crippen LogP contribution in [0.5, 0.6) is 0 Å². The number of thiazole rings is 1. The highest BCUT2D eigenvalue weighted by molar-refractivity contribution is 7.13. The zero-order valence-corrected chi connectivity index (χ0v) is 15.3. The molecule has 0 aliphatic carbocycles. The number of nitrogens with zero attached hydrogens (tertiary/aromatic N) is 5. The van der Waals surface area contributed by atoms with Crippen LogP contribution in [0.1, 0.15) is 23.3 Å². The molecule has 4 heterocycles. The van der Waals surface area contributed by atoms with Gasteiger partial charge in [0.05, 0.1) is 36.1 Å². The van der Waals surface area contributed by atoms with Crippen molar-refractivity contribution in [3.05, 3.63) is 35.9 Å². The van der Waals surface area contributed by atoms with Crippen LogP contribution in [0.4, 0.5) is 5.69 Å². The van der Waals surface area contributed by atoms with Crippen LogP contribution in [0.15, 0.2) is 30.2 Å². The van der Waals surface area contributed by atoms with Gasteiger partial charge in [-0.1, -0.05) is 0 Å². The molecule has 0 bridgehead atoms. The van der Waals surface area contributed by atoms with Crippen LogP contribution < -0.4 is 10.6 Å². The first kappa shape index (κ1) is 17.4. The molecule has 4 rings (SSSR count). The number of hydrogen-bond acceptors (Lipinski definition) is 7. The Morgan fingerprint density at radius 1 is 1.41 bits per heavy atom. The van der Waals surface area contributed by atoms with Crippen LogP contribution in [0.25, 0.3) is 10.6 Å². The van der Waals surface area contributed by atoms with Crippen molar-refractivity contribution < 1.29 is 4.79 Å². The van der Waals surface area contributed by atoms with Crippen LogP contribution in [0.3, 0.4) is 0 Å². The highest BCUT2D eigenvalue weighted by Crippen LogP contribution is 2.30. The average Bonchev–Trinajstić information content (AvgIpc) is 3.44. The maximum absolute atomic E-state index is 12.4. The molecule has 10 heteroatoms. The minimum absolute atomic E-state index is 0.294. The maximum Gasteiger partial charge on any atom is 0.275 e. The topological polar surface area (TPSA) is 124 Å². The van der Waals surface area contributed by atoms with Crippen molar-refractivity contribution in [2.75, 3.05) is 18.4 Å². The summed E-state index contributed by atoms with van der Waals surface area (Å²) in [4.78, 5) is 16.8. The largest absolute Gasteiger partial charge is 0.318 e. The molecule has 0 saturated carbocycles. The van der Waals surface area contributed by atoms with Crippen molar-refractivity contribution in [2.45, 2.75) is 19.4 Å². The molecule has 1 fully saturated rings. The van der Waals surface area contributed by atoms with E-state index in [0.717, 1.165) is 36.5 Å². The molecule has 0 radical (unpaired) electrons. The summed E-state index contributed by atoms with van der Waals surface area (Å²) in [6, 6.07) is 2.45. The van der Waals surface area contributed by atoms with Crippen molar-refractivity contribution in [2.24, 2.45) is 5.41 Å². The van der Waals surface area contributed by atoms with Crippen LogP contribution in [0, 0.1) is 16.7 Å². The minimum Gasteiger partial charge on any atom is -0.318 e. The van der Waals surface area contributed by atoms with E-state index < -0.39 is 5.41 Å². The number of amides is 1. The van der Waals surface area contributed by atoms with Gasteiger partial charge in [-0.05, 0) is 25.9 Å². The first-order chi connectivity index (χ1) is 13.2. The first-order valence-corrected chi connectivity index (χ1v) is 9.46. The lowest BCUT2D eigenvalue weighted by Crippen LogP contribution is -2.38. The quantitative estimate of drug-likeness (QED) is 0.619. The third-order valence-corrected chi connectivity index (χ3v) is 5.53. The lowest BCUT2D eigenvalue weighted by atomic mass is 9.80. The van der Waals surface area contributed by atoms with Gasteiger partial charge in [-0.2, -0.15) is 15.5 Å². The Bertz CT molecular complexity index is 961. The molecule has 0 spiro atoms. The average molecular weight is 382 g/mol. The Hall–Kier alpha value is -3.03. The van der Waals surface area contributed by atoms with Crippen LogP contribution in [0.2, 0.25) is 0 Å². The molecule has 1 aliphatic heterocycles. The molecule has 3 N–H and O–H groups in total. The summed E-state index contributed by atoms with van der Waals surface area (Å²) < 4.78 is 1.72. The number of carbonyl (C=O) groups excluding carboxylic acids is 1. The van der Waals surface area contributed by atoms with E-state index in [1.165, 1.54) is 11.3 Å². The number of nitriles is 1. The fraction of sp³-hybridized carbons (Fsp3) is 0.353. The van der Waals surface area contributed by atoms with Gasteiger partial charge in [-0.25, -0.2) is 4.98 Å². The van der Waals surface area contributed by atoms with Crippen LogP contribution in [-0.2, 0) is 6.54 Å². The number of rotatable bonds is 5. The molecule has 0 unspecified atom stereocenters. The van der Waals surface area contributed by atoms with Gasteiger partial charge in [0.1, 0.15) is 10.7 Å². The lowest BCUT2D eigenvalue weighted by Gasteiger charge is -2.30. The summed E-state index contributed by atoms with van der Waals surface area (Å²) in [6.45, 7) is 2.19. The van der Waals surface area contributed by atoms with Gasteiger partial charge in [0, 0.05) is 23.3 Å². The standard InChI is InChI=1S/C17H18N8OS/c18-10-17(1-3-19-4-2-17)11-25-8-13(7-22-25)23-15(26)14-9-27-16(24-14)12-5-20-21-6-12/h5-9,19H,1-4,11H2,(H,20,21)(H,23,26). The number of piperidine rings is 1. The van der Waals surface area contributed by atoms with E-state index >= 15 is 0 Å². The second kappa shape index (κ2) is 7.30. The van der Waals surface area contributed by atoms with Crippen molar-refractivity contribution in [1.82, 2.24) is 30.3 Å². The Morgan fingerprint density at radius 2 is 2.26 bits per heavy atom. The zero-order chi connectivity index (χ0) is 18.7. The Balaban J connectivity index is 1.42. The molecular weight excluding hydrogens is 364 g/mol. The predicted molar refractivity (Wildman–Crippen MR) is 100 cm³/mol. The van der Waals surface area contributed by atoms with Crippen LogP contribution >= 0.6 is 11.3 Å². The van der Waals surface area contributed by atoms with Crippen LogP contribution in [-0.4, -0.2) is 44.0 Å². The number of H-pyrrole nitrogens is 1. The van der Waals surface area contributed by atoms with Gasteiger partial charge in [0.15, 0.2) is 0 Å². The third-order valence-electron chi connectivity index (χ3n) is 4.64. The highest BCUT2D eigenvalue weighted by atomic mass is 32.1. The Morgan fingerprint density at radius 3 is 3.00 bits per heavy atom. The second-order valence-electron chi connectivity index (χ2n) is 6.55. The molecule has 1 aliphatic rings. The summed E-state index contributed by atoms with van der Waals surface area (Å²) in [5.41, 5.74) is 1.36. The van der Waals surface area contributed by atoms with Gasteiger partial charge in [-0.15, -0.1) is 11.3 Å². The molecule has 3 aromatic rings. The normalized spacial score (nSPS) is 16.0. The Labute approximate surface area is 159 Å². The van der Waals surface area contributed by atoms with Crippen molar-refractivity contribution in [3.8, 4) is 16.6 Å². The van der Waals surface area contributed by atoms with Crippen molar-refractivity contribution in [1.29, 1.82) is 5.26 Å². The van der Waals surface area contributed by atoms with E-state index in [-0.39, 0.29) is 5.91 Å². The summed E-state index contributed by atoms with van der Waals surface area (Å²) >= 11 is 1.38. The van der Waals surface area contributed by atoms with Gasteiger partial charge in [0.25, 0.3) is 5.91 Å². The van der Waals surface area contributed by atoms with Gasteiger partial charge in [-0.3, -0.25) is 14.6 Å². The summed E-state index contributed by atoms with van der Waals surface area (Å²) in [5, 5.41) is 29.0. The van der Waals surface area contributed by atoms with E-state index in [0.29, 0.717) is 17.9 Å². The van der Waals surface area contributed by atoms with Gasteiger partial charge in [0.2, 0.25) is 0 Å². The van der Waals surface area contributed by atoms with Gasteiger partial charge >= 0.3 is 0 Å². The minimum atomic E-state index is -0.410. The molecule has 0 aromatic carbocycles. The summed E-state index contributed by atoms with van der Waals surface area (Å²) in [6.07, 6.45) is 8.32. The lowest BCUT2D eigenvalue weighted by molar-refractivity contribution is 0.102. The number of carbonyl (C=O) groups is 1. The third kappa shape index (κ3) is 3.74. The fourth-order valence-electron chi connectivity index (χ4n) is 3.11. The zero-order valence-electron chi connectivity index (χ0n) is 14.5. The monoisotopic (exact) mass is 382 g/mol. The molecule has 1 amide bonds. The molecule has 27 heavy (non-hydrogen) atoms. The smallest absolute Gasteiger partial charge is 0.275 e. The Kier molecular flexibility index (Phi) is 4.70. The van der Waals surface area contributed by atoms with E-state index in [1.807, 2.05) is 0 Å².